The van der Waals surface area contributed by atoms with Gasteiger partial charge in [0.15, 0.2) is 5.78 Å². The molecule has 0 bridgehead atoms. The van der Waals surface area contributed by atoms with Gasteiger partial charge in [0, 0.05) is 5.57 Å². The van der Waals surface area contributed by atoms with Crippen LogP contribution in [0, 0.1) is 0 Å². The lowest BCUT2D eigenvalue weighted by atomic mass is 9.91. The number of Topliss-reactive ketones (excluding diaryl/α,β-unsaturated/α-hetero) is 1. The minimum atomic E-state index is -1.63. The third kappa shape index (κ3) is 1.39. The molecule has 0 saturated heterocycles. The predicted molar refractivity (Wildman–Crippen MR) is 38.2 cm³/mol. The van der Waals surface area contributed by atoms with Crippen molar-refractivity contribution in [3.05, 3.63) is 11.6 Å². The third-order valence-electron chi connectivity index (χ3n) is 1.80. The van der Waals surface area contributed by atoms with Gasteiger partial charge in [-0.2, -0.15) is 0 Å². The Morgan fingerprint density at radius 3 is 2.42 bits per heavy atom. The summed E-state index contributed by atoms with van der Waals surface area (Å²) in [5, 5.41) is 35.6. The lowest BCUT2D eigenvalue weighted by molar-refractivity contribution is -0.135. The van der Waals surface area contributed by atoms with Gasteiger partial charge in [-0.3, -0.25) is 4.79 Å². The molecular formula is C7H10O5. The van der Waals surface area contributed by atoms with E-state index in [2.05, 4.69) is 0 Å². The Morgan fingerprint density at radius 1 is 1.33 bits per heavy atom. The van der Waals surface area contributed by atoms with Crippen molar-refractivity contribution in [2.75, 3.05) is 6.61 Å². The van der Waals surface area contributed by atoms with Crippen molar-refractivity contribution in [3.8, 4) is 0 Å². The molecule has 0 radical (unpaired) electrons. The van der Waals surface area contributed by atoms with Crippen LogP contribution >= 0.6 is 0 Å². The maximum atomic E-state index is 11.0. The Kier molecular flexibility index (Phi) is 2.58. The Hall–Kier alpha value is -0.750. The number of carbonyl (C=O) groups excluding carboxylic acids is 1. The van der Waals surface area contributed by atoms with E-state index >= 15 is 0 Å². The third-order valence-corrected chi connectivity index (χ3v) is 1.80. The number of carbonyl (C=O) groups is 1. The summed E-state index contributed by atoms with van der Waals surface area (Å²) in [6, 6.07) is 0. The Labute approximate surface area is 68.6 Å². The number of hydrogen-bond acceptors (Lipinski definition) is 5. The topological polar surface area (TPSA) is 98.0 Å². The van der Waals surface area contributed by atoms with Gasteiger partial charge in [0.2, 0.25) is 0 Å². The van der Waals surface area contributed by atoms with Crippen molar-refractivity contribution in [3.63, 3.8) is 0 Å². The zero-order valence-electron chi connectivity index (χ0n) is 6.21. The molecule has 4 N–H and O–H groups in total. The summed E-state index contributed by atoms with van der Waals surface area (Å²) < 4.78 is 0. The van der Waals surface area contributed by atoms with Crippen LogP contribution in [0.25, 0.3) is 0 Å². The van der Waals surface area contributed by atoms with Crippen molar-refractivity contribution < 1.29 is 25.2 Å². The van der Waals surface area contributed by atoms with E-state index in [-0.39, 0.29) is 5.57 Å². The molecule has 1 rings (SSSR count). The highest BCUT2D eigenvalue weighted by Crippen LogP contribution is 2.15. The highest BCUT2D eigenvalue weighted by molar-refractivity contribution is 6.00. The van der Waals surface area contributed by atoms with Gasteiger partial charge in [-0.25, -0.2) is 0 Å². The maximum absolute atomic E-state index is 11.0. The van der Waals surface area contributed by atoms with Gasteiger partial charge in [-0.15, -0.1) is 0 Å². The van der Waals surface area contributed by atoms with Gasteiger partial charge in [-0.1, -0.05) is 0 Å². The lowest BCUT2D eigenvalue weighted by Gasteiger charge is -2.25. The fourth-order valence-corrected chi connectivity index (χ4v) is 1.05. The second-order valence-corrected chi connectivity index (χ2v) is 2.64. The van der Waals surface area contributed by atoms with E-state index in [9.17, 15) is 4.79 Å². The molecule has 0 amide bonds. The van der Waals surface area contributed by atoms with Crippen LogP contribution in [0.3, 0.4) is 0 Å². The molecule has 0 aromatic carbocycles. The van der Waals surface area contributed by atoms with Crippen molar-refractivity contribution in [2.24, 2.45) is 0 Å². The number of hydrogen-bond donors (Lipinski definition) is 4. The van der Waals surface area contributed by atoms with E-state index in [0.29, 0.717) is 0 Å². The predicted octanol–water partition coefficient (Wildman–Crippen LogP) is -2.43. The summed E-state index contributed by atoms with van der Waals surface area (Å²) >= 11 is 0. The molecule has 1 aliphatic carbocycles. The molecule has 5 heteroatoms. The van der Waals surface area contributed by atoms with Crippen LogP contribution in [-0.2, 0) is 4.79 Å². The second kappa shape index (κ2) is 3.32. The van der Waals surface area contributed by atoms with Gasteiger partial charge in [0.1, 0.15) is 18.3 Å². The van der Waals surface area contributed by atoms with Crippen molar-refractivity contribution in [1.82, 2.24) is 0 Å². The van der Waals surface area contributed by atoms with Gasteiger partial charge in [0.05, 0.1) is 6.61 Å². The normalized spacial score (nSPS) is 36.5. The SMILES string of the molecule is O=C1C(CO)=C[C@H](O)[C@@H](O)[C@H]1O. The van der Waals surface area contributed by atoms with Gasteiger partial charge < -0.3 is 20.4 Å². The highest BCUT2D eigenvalue weighted by atomic mass is 16.4. The maximum Gasteiger partial charge on any atom is 0.192 e. The number of ketones is 1. The highest BCUT2D eigenvalue weighted by Gasteiger charge is 2.35. The minimum Gasteiger partial charge on any atom is -0.392 e. The minimum absolute atomic E-state index is 0.0692. The van der Waals surface area contributed by atoms with Crippen LogP contribution in [0.1, 0.15) is 0 Å². The van der Waals surface area contributed by atoms with Crippen molar-refractivity contribution in [1.29, 1.82) is 0 Å². The van der Waals surface area contributed by atoms with E-state index in [0.717, 1.165) is 6.08 Å². The molecule has 68 valence electrons. The van der Waals surface area contributed by atoms with Crippen LogP contribution in [0.5, 0.6) is 0 Å². The summed E-state index contributed by atoms with van der Waals surface area (Å²) in [5.41, 5.74) is -0.0692. The Bertz CT molecular complexity index is 222. The summed E-state index contributed by atoms with van der Waals surface area (Å²) in [6.07, 6.45) is -3.38. The van der Waals surface area contributed by atoms with Crippen LogP contribution in [0.15, 0.2) is 11.6 Å². The van der Waals surface area contributed by atoms with E-state index in [1.165, 1.54) is 0 Å². The monoisotopic (exact) mass is 174 g/mol. The molecule has 3 atom stereocenters. The summed E-state index contributed by atoms with van der Waals surface area (Å²) in [4.78, 5) is 11.0. The largest absolute Gasteiger partial charge is 0.392 e. The summed E-state index contributed by atoms with van der Waals surface area (Å²) in [7, 11) is 0. The van der Waals surface area contributed by atoms with Gasteiger partial charge in [-0.05, 0) is 6.08 Å². The number of aliphatic hydroxyl groups is 4. The first-order chi connectivity index (χ1) is 5.57. The van der Waals surface area contributed by atoms with Crippen molar-refractivity contribution in [2.45, 2.75) is 18.3 Å². The van der Waals surface area contributed by atoms with Crippen LogP contribution in [0.2, 0.25) is 0 Å². The van der Waals surface area contributed by atoms with Gasteiger partial charge >= 0.3 is 0 Å². The van der Waals surface area contributed by atoms with Crippen LogP contribution in [-0.4, -0.2) is 51.1 Å². The quantitative estimate of drug-likeness (QED) is 0.354. The molecule has 0 saturated carbocycles. The molecule has 0 aliphatic heterocycles. The van der Waals surface area contributed by atoms with E-state index in [4.69, 9.17) is 20.4 Å². The average molecular weight is 174 g/mol. The standard InChI is InChI=1S/C7H10O5/c8-2-3-1-4(9)6(11)7(12)5(3)10/h1,4,6-9,11-12H,2H2/t4-,6+,7-/m0/s1. The smallest absolute Gasteiger partial charge is 0.192 e. The summed E-state index contributed by atoms with van der Waals surface area (Å²) in [6.45, 7) is -0.542. The average Bonchev–Trinajstić information content (AvgIpc) is 2.08. The Morgan fingerprint density at radius 2 is 1.92 bits per heavy atom. The number of aliphatic hydroxyl groups excluding tert-OH is 4. The van der Waals surface area contributed by atoms with Crippen LogP contribution in [0.4, 0.5) is 0 Å². The number of rotatable bonds is 1. The zero-order valence-corrected chi connectivity index (χ0v) is 6.21. The van der Waals surface area contributed by atoms with E-state index < -0.39 is 30.7 Å². The first-order valence-electron chi connectivity index (χ1n) is 3.48. The van der Waals surface area contributed by atoms with Crippen LogP contribution < -0.4 is 0 Å². The molecule has 0 unspecified atom stereocenters. The molecule has 5 nitrogen and oxygen atoms in total. The van der Waals surface area contributed by atoms with Crippen molar-refractivity contribution >= 4 is 5.78 Å². The Balaban J connectivity index is 2.92. The second-order valence-electron chi connectivity index (χ2n) is 2.64. The molecule has 0 spiro atoms. The fourth-order valence-electron chi connectivity index (χ4n) is 1.05. The zero-order chi connectivity index (χ0) is 9.30. The first kappa shape index (κ1) is 9.34. The lowest BCUT2D eigenvalue weighted by Crippen LogP contribution is -2.46. The molecule has 12 heavy (non-hydrogen) atoms. The fraction of sp³-hybridized carbons (Fsp3) is 0.571. The van der Waals surface area contributed by atoms with Gasteiger partial charge in [0.25, 0.3) is 0 Å². The molecule has 1 aliphatic rings. The summed E-state index contributed by atoms with van der Waals surface area (Å²) in [5.74, 6) is -0.740. The first-order valence-corrected chi connectivity index (χ1v) is 3.48. The molecular weight excluding hydrogens is 164 g/mol. The van der Waals surface area contributed by atoms with E-state index in [1.54, 1.807) is 0 Å². The molecule has 0 aromatic heterocycles. The molecule has 0 fully saturated rings. The van der Waals surface area contributed by atoms with E-state index in [1.807, 2.05) is 0 Å². The molecule has 0 aromatic rings. The molecule has 0 heterocycles.